The van der Waals surface area contributed by atoms with Crippen LogP contribution in [-0.2, 0) is 10.0 Å². The van der Waals surface area contributed by atoms with Crippen molar-refractivity contribution in [2.24, 2.45) is 0 Å². The van der Waals surface area contributed by atoms with E-state index in [1.165, 1.54) is 0 Å². The quantitative estimate of drug-likeness (QED) is 0.547. The molecule has 9 heteroatoms. The van der Waals surface area contributed by atoms with Gasteiger partial charge in [0, 0.05) is 37.4 Å². The zero-order valence-corrected chi connectivity index (χ0v) is 19.5. The van der Waals surface area contributed by atoms with E-state index >= 15 is 0 Å². The van der Waals surface area contributed by atoms with Gasteiger partial charge < -0.3 is 15.1 Å². The van der Waals surface area contributed by atoms with Gasteiger partial charge in [0.1, 0.15) is 4.21 Å². The van der Waals surface area contributed by atoms with Gasteiger partial charge in [-0.25, -0.2) is 8.42 Å². The number of nitrogens with zero attached hydrogens (tertiary/aromatic N) is 2. The lowest BCUT2D eigenvalue weighted by molar-refractivity contribution is 0.102. The molecule has 3 aromatic rings. The Kier molecular flexibility index (Phi) is 6.78. The topological polar surface area (TPSA) is 81.8 Å². The van der Waals surface area contributed by atoms with Gasteiger partial charge >= 0.3 is 0 Å². The van der Waals surface area contributed by atoms with Gasteiger partial charge in [-0.05, 0) is 48.3 Å². The largest absolute Gasteiger partial charge is 0.367 e. The molecule has 0 spiro atoms. The summed E-state index contributed by atoms with van der Waals surface area (Å²) in [6.45, 7) is 7.00. The first-order valence-electron chi connectivity index (χ1n) is 10.5. The van der Waals surface area contributed by atoms with Crippen molar-refractivity contribution in [2.75, 3.05) is 47.7 Å². The first kappa shape index (κ1) is 22.3. The molecule has 1 aliphatic rings. The predicted molar refractivity (Wildman–Crippen MR) is 130 cm³/mol. The number of thiophene rings is 1. The molecule has 2 aromatic carbocycles. The summed E-state index contributed by atoms with van der Waals surface area (Å²) in [5.74, 6) is -0.290. The van der Waals surface area contributed by atoms with Crippen molar-refractivity contribution in [1.29, 1.82) is 0 Å². The molecule has 1 fully saturated rings. The summed E-state index contributed by atoms with van der Waals surface area (Å²) < 4.78 is 27.7. The second-order valence-electron chi connectivity index (χ2n) is 7.51. The fraction of sp³-hybridized carbons (Fsp3) is 0.261. The number of hydrogen-bond donors (Lipinski definition) is 2. The molecule has 1 amide bonds. The molecule has 0 unspecified atom stereocenters. The minimum atomic E-state index is -3.67. The number of para-hydroxylation sites is 2. The molecular weight excluding hydrogens is 444 g/mol. The van der Waals surface area contributed by atoms with Crippen molar-refractivity contribution < 1.29 is 13.2 Å². The van der Waals surface area contributed by atoms with Crippen LogP contribution in [-0.4, -0.2) is 51.9 Å². The minimum Gasteiger partial charge on any atom is -0.367 e. The van der Waals surface area contributed by atoms with Gasteiger partial charge in [-0.1, -0.05) is 31.2 Å². The number of carbonyl (C=O) groups is 1. The van der Waals surface area contributed by atoms with Crippen molar-refractivity contribution >= 4 is 44.3 Å². The molecule has 1 aromatic heterocycles. The zero-order valence-electron chi connectivity index (χ0n) is 17.8. The monoisotopic (exact) mass is 470 g/mol. The number of amides is 1. The maximum Gasteiger partial charge on any atom is 0.271 e. The zero-order chi connectivity index (χ0) is 22.6. The van der Waals surface area contributed by atoms with Crippen LogP contribution in [0.15, 0.2) is 70.3 Å². The van der Waals surface area contributed by atoms with Crippen LogP contribution in [0, 0.1) is 0 Å². The van der Waals surface area contributed by atoms with E-state index in [1.54, 1.807) is 41.8 Å². The van der Waals surface area contributed by atoms with Crippen molar-refractivity contribution in [3.05, 3.63) is 71.6 Å². The lowest BCUT2D eigenvalue weighted by Crippen LogP contribution is -2.46. The number of hydrogen-bond acceptors (Lipinski definition) is 6. The minimum absolute atomic E-state index is 0.226. The number of likely N-dealkylation sites (N-methyl/N-ethyl adjacent to an activating group) is 1. The number of rotatable bonds is 7. The van der Waals surface area contributed by atoms with Crippen LogP contribution in [0.4, 0.5) is 17.1 Å². The Morgan fingerprint density at radius 1 is 1.00 bits per heavy atom. The molecule has 1 saturated heterocycles. The fourth-order valence-electron chi connectivity index (χ4n) is 3.70. The van der Waals surface area contributed by atoms with Crippen LogP contribution in [0.5, 0.6) is 0 Å². The summed E-state index contributed by atoms with van der Waals surface area (Å²) in [5.41, 5.74) is 2.45. The first-order chi connectivity index (χ1) is 15.5. The Bertz CT molecular complexity index is 1170. The van der Waals surface area contributed by atoms with Gasteiger partial charge in [-0.2, -0.15) is 0 Å². The molecule has 4 rings (SSSR count). The van der Waals surface area contributed by atoms with Gasteiger partial charge in [-0.3, -0.25) is 9.52 Å². The summed E-state index contributed by atoms with van der Waals surface area (Å²) >= 11 is 1.14. The molecule has 2 heterocycles. The smallest absolute Gasteiger partial charge is 0.271 e. The SMILES string of the molecule is CCN1CCN(c2ccccc2NC(=O)c2cccc(NS(=O)(=O)c3cccs3)c2)CC1. The van der Waals surface area contributed by atoms with Crippen LogP contribution >= 0.6 is 11.3 Å². The predicted octanol–water partition coefficient (Wildman–Crippen LogP) is 3.94. The molecule has 0 aliphatic carbocycles. The highest BCUT2D eigenvalue weighted by Gasteiger charge is 2.20. The Morgan fingerprint density at radius 3 is 2.50 bits per heavy atom. The normalized spacial score (nSPS) is 14.8. The molecule has 0 radical (unpaired) electrons. The van der Waals surface area contributed by atoms with Crippen LogP contribution in [0.3, 0.4) is 0 Å². The van der Waals surface area contributed by atoms with E-state index < -0.39 is 10.0 Å². The third-order valence-electron chi connectivity index (χ3n) is 5.45. The van der Waals surface area contributed by atoms with E-state index in [0.29, 0.717) is 11.3 Å². The maximum atomic E-state index is 13.0. The third-order valence-corrected chi connectivity index (χ3v) is 8.23. The standard InChI is InChI=1S/C23H26N4O3S2/c1-2-26-12-14-27(15-13-26)21-10-4-3-9-20(21)24-23(28)18-7-5-8-19(17-18)25-32(29,30)22-11-6-16-31-22/h3-11,16-17,25H,2,12-15H2,1H3,(H,24,28). The van der Waals surface area contributed by atoms with Crippen molar-refractivity contribution in [3.63, 3.8) is 0 Å². The number of anilines is 3. The van der Waals surface area contributed by atoms with Crippen LogP contribution in [0.25, 0.3) is 0 Å². The van der Waals surface area contributed by atoms with E-state index in [4.69, 9.17) is 0 Å². The summed E-state index contributed by atoms with van der Waals surface area (Å²) in [4.78, 5) is 17.7. The number of sulfonamides is 1. The molecule has 32 heavy (non-hydrogen) atoms. The molecule has 7 nitrogen and oxygen atoms in total. The Labute approximate surface area is 192 Å². The van der Waals surface area contributed by atoms with Crippen molar-refractivity contribution in [3.8, 4) is 0 Å². The van der Waals surface area contributed by atoms with Gasteiger partial charge in [0.25, 0.3) is 15.9 Å². The van der Waals surface area contributed by atoms with Crippen molar-refractivity contribution in [2.45, 2.75) is 11.1 Å². The van der Waals surface area contributed by atoms with E-state index in [1.807, 2.05) is 24.3 Å². The lowest BCUT2D eigenvalue weighted by atomic mass is 10.1. The molecule has 2 N–H and O–H groups in total. The highest BCUT2D eigenvalue weighted by atomic mass is 32.2. The van der Waals surface area contributed by atoms with E-state index in [-0.39, 0.29) is 10.1 Å². The van der Waals surface area contributed by atoms with Crippen LogP contribution in [0.2, 0.25) is 0 Å². The number of nitrogens with one attached hydrogen (secondary N) is 2. The lowest BCUT2D eigenvalue weighted by Gasteiger charge is -2.36. The van der Waals surface area contributed by atoms with Crippen LogP contribution < -0.4 is 14.9 Å². The molecule has 0 atom stereocenters. The average Bonchev–Trinajstić information content (AvgIpc) is 3.36. The van der Waals surface area contributed by atoms with E-state index in [9.17, 15) is 13.2 Å². The summed E-state index contributed by atoms with van der Waals surface area (Å²) in [5, 5.41) is 4.70. The van der Waals surface area contributed by atoms with Gasteiger partial charge in [-0.15, -0.1) is 11.3 Å². The Morgan fingerprint density at radius 2 is 1.78 bits per heavy atom. The van der Waals surface area contributed by atoms with E-state index in [0.717, 1.165) is 55.4 Å². The highest BCUT2D eigenvalue weighted by Crippen LogP contribution is 2.28. The molecule has 0 bridgehead atoms. The Hall–Kier alpha value is -2.88. The van der Waals surface area contributed by atoms with Gasteiger partial charge in [0.05, 0.1) is 11.4 Å². The summed E-state index contributed by atoms with van der Waals surface area (Å²) in [7, 11) is -3.67. The summed E-state index contributed by atoms with van der Waals surface area (Å²) in [6.07, 6.45) is 0. The Balaban J connectivity index is 1.49. The molecule has 168 valence electrons. The van der Waals surface area contributed by atoms with Crippen LogP contribution in [0.1, 0.15) is 17.3 Å². The number of carbonyl (C=O) groups excluding carboxylic acids is 1. The second kappa shape index (κ2) is 9.72. The fourth-order valence-corrected chi connectivity index (χ4v) is 5.74. The van der Waals surface area contributed by atoms with Gasteiger partial charge in [0.15, 0.2) is 0 Å². The molecule has 0 saturated carbocycles. The van der Waals surface area contributed by atoms with Crippen molar-refractivity contribution in [1.82, 2.24) is 4.90 Å². The average molecular weight is 471 g/mol. The van der Waals surface area contributed by atoms with Gasteiger partial charge in [0.2, 0.25) is 0 Å². The van der Waals surface area contributed by atoms with E-state index in [2.05, 4.69) is 26.8 Å². The second-order valence-corrected chi connectivity index (χ2v) is 10.4. The molecular formula is C23H26N4O3S2. The maximum absolute atomic E-state index is 13.0. The first-order valence-corrected chi connectivity index (χ1v) is 12.9. The summed E-state index contributed by atoms with van der Waals surface area (Å²) in [6, 6.07) is 17.5. The highest BCUT2D eigenvalue weighted by molar-refractivity contribution is 7.94. The molecule has 1 aliphatic heterocycles. The number of benzene rings is 2. The number of piperazine rings is 1. The third kappa shape index (κ3) is 5.12.